The molecule has 1 unspecified atom stereocenters. The average molecular weight is 379 g/mol. The summed E-state index contributed by atoms with van der Waals surface area (Å²) in [7, 11) is 4.99. The number of methoxy groups -OCH3 is 3. The fourth-order valence-corrected chi connectivity index (χ4v) is 4.66. The van der Waals surface area contributed by atoms with Crippen LogP contribution in [0, 0.1) is 0 Å². The first-order valence-electron chi connectivity index (χ1n) is 10.1. The zero-order chi connectivity index (χ0) is 19.2. The van der Waals surface area contributed by atoms with Gasteiger partial charge < -0.3 is 19.3 Å². The minimum absolute atomic E-state index is 0.251. The van der Waals surface area contributed by atoms with E-state index in [1.54, 1.807) is 21.3 Å². The van der Waals surface area contributed by atoms with Gasteiger partial charge in [-0.05, 0) is 25.3 Å². The Balaban J connectivity index is 1.72. The van der Waals surface area contributed by atoms with Crippen LogP contribution < -0.4 is 14.2 Å². The Kier molecular flexibility index (Phi) is 7.21. The van der Waals surface area contributed by atoms with Gasteiger partial charge in [0, 0.05) is 56.5 Å². The van der Waals surface area contributed by atoms with Crippen molar-refractivity contribution in [1.29, 1.82) is 0 Å². The van der Waals surface area contributed by atoms with E-state index in [4.69, 9.17) is 14.2 Å². The average Bonchev–Trinajstić information content (AvgIpc) is 3.22. The van der Waals surface area contributed by atoms with Gasteiger partial charge in [-0.1, -0.05) is 12.8 Å². The molecule has 1 saturated heterocycles. The van der Waals surface area contributed by atoms with E-state index in [1.165, 1.54) is 25.7 Å². The summed E-state index contributed by atoms with van der Waals surface area (Å²) < 4.78 is 16.5. The molecule has 0 spiro atoms. The second-order valence-electron chi connectivity index (χ2n) is 7.60. The van der Waals surface area contributed by atoms with E-state index in [1.807, 2.05) is 12.1 Å². The summed E-state index contributed by atoms with van der Waals surface area (Å²) in [6, 6.07) is 5.05. The maximum Gasteiger partial charge on any atom is 0.164 e. The maximum absolute atomic E-state index is 9.57. The normalized spacial score (nSPS) is 22.1. The molecule has 27 heavy (non-hydrogen) atoms. The molecule has 0 amide bonds. The van der Waals surface area contributed by atoms with Crippen molar-refractivity contribution in [2.75, 3.05) is 47.6 Å². The molecule has 0 aromatic heterocycles. The molecule has 1 saturated carbocycles. The number of hydrogen-bond donors (Lipinski definition) is 1. The van der Waals surface area contributed by atoms with Crippen LogP contribution in [0.5, 0.6) is 17.2 Å². The lowest BCUT2D eigenvalue weighted by molar-refractivity contribution is 0.0264. The number of benzene rings is 1. The predicted molar refractivity (Wildman–Crippen MR) is 106 cm³/mol. The quantitative estimate of drug-likeness (QED) is 0.750. The molecule has 1 aliphatic heterocycles. The molecule has 2 fully saturated rings. The molecule has 1 aromatic rings. The van der Waals surface area contributed by atoms with Gasteiger partial charge in [-0.2, -0.15) is 0 Å². The fraction of sp³-hybridized carbons (Fsp3) is 0.714. The summed E-state index contributed by atoms with van der Waals surface area (Å²) in [6.45, 7) is 4.15. The summed E-state index contributed by atoms with van der Waals surface area (Å²) in [5.74, 6) is 2.23. The van der Waals surface area contributed by atoms with Gasteiger partial charge in [0.1, 0.15) is 5.75 Å². The van der Waals surface area contributed by atoms with Crippen LogP contribution in [-0.4, -0.2) is 74.6 Å². The lowest BCUT2D eigenvalue weighted by Crippen LogP contribution is -2.56. The molecule has 3 rings (SSSR count). The molecular formula is C21H34N2O4. The topological polar surface area (TPSA) is 54.4 Å². The summed E-state index contributed by atoms with van der Waals surface area (Å²) in [5, 5.41) is 9.57. The van der Waals surface area contributed by atoms with Gasteiger partial charge in [-0.15, -0.1) is 0 Å². The molecule has 1 aromatic carbocycles. The van der Waals surface area contributed by atoms with E-state index in [9.17, 15) is 5.11 Å². The third-order valence-corrected chi connectivity index (χ3v) is 6.05. The van der Waals surface area contributed by atoms with Gasteiger partial charge in [0.05, 0.1) is 21.3 Å². The maximum atomic E-state index is 9.57. The molecule has 0 radical (unpaired) electrons. The highest BCUT2D eigenvalue weighted by Crippen LogP contribution is 2.36. The Bertz CT molecular complexity index is 604. The van der Waals surface area contributed by atoms with Crippen LogP contribution in [-0.2, 0) is 6.54 Å². The van der Waals surface area contributed by atoms with E-state index in [0.717, 1.165) is 49.7 Å². The highest BCUT2D eigenvalue weighted by molar-refractivity contribution is 5.50. The van der Waals surface area contributed by atoms with Crippen molar-refractivity contribution in [3.63, 3.8) is 0 Å². The van der Waals surface area contributed by atoms with Gasteiger partial charge in [0.15, 0.2) is 11.5 Å². The molecular weight excluding hydrogens is 344 g/mol. The van der Waals surface area contributed by atoms with Crippen molar-refractivity contribution in [1.82, 2.24) is 9.80 Å². The first-order valence-corrected chi connectivity index (χ1v) is 10.1. The van der Waals surface area contributed by atoms with Gasteiger partial charge in [-0.25, -0.2) is 0 Å². The fourth-order valence-electron chi connectivity index (χ4n) is 4.66. The van der Waals surface area contributed by atoms with E-state index < -0.39 is 0 Å². The Morgan fingerprint density at radius 2 is 1.63 bits per heavy atom. The number of aliphatic hydroxyl groups excluding tert-OH is 1. The van der Waals surface area contributed by atoms with Gasteiger partial charge in [0.25, 0.3) is 0 Å². The summed E-state index contributed by atoms with van der Waals surface area (Å²) in [5.41, 5.74) is 1.10. The number of ether oxygens (including phenoxy) is 3. The second kappa shape index (κ2) is 9.62. The first-order chi connectivity index (χ1) is 13.2. The molecule has 2 aliphatic rings. The Morgan fingerprint density at radius 3 is 2.26 bits per heavy atom. The number of aliphatic hydroxyl groups is 1. The lowest BCUT2D eigenvalue weighted by Gasteiger charge is -2.44. The molecule has 0 bridgehead atoms. The number of hydrogen-bond acceptors (Lipinski definition) is 6. The Hall–Kier alpha value is -1.50. The second-order valence-corrected chi connectivity index (χ2v) is 7.60. The molecule has 1 heterocycles. The molecule has 6 heteroatoms. The molecule has 1 aliphatic carbocycles. The van der Waals surface area contributed by atoms with Crippen LogP contribution in [0.4, 0.5) is 0 Å². The minimum Gasteiger partial charge on any atom is -0.496 e. The van der Waals surface area contributed by atoms with Crippen molar-refractivity contribution < 1.29 is 19.3 Å². The zero-order valence-electron chi connectivity index (χ0n) is 16.9. The molecule has 6 nitrogen and oxygen atoms in total. The number of nitrogens with zero attached hydrogens (tertiary/aromatic N) is 2. The van der Waals surface area contributed by atoms with Crippen molar-refractivity contribution in [2.24, 2.45) is 0 Å². The highest BCUT2D eigenvalue weighted by atomic mass is 16.5. The standard InChI is InChI=1S/C21H34N2O4/c1-25-19-13-21(27-3)20(26-2)12-16(19)14-22-9-10-23(17-6-4-5-7-17)18(15-22)8-11-24/h12-13,17-18,24H,4-11,14-15H2,1-3H3. The van der Waals surface area contributed by atoms with Crippen molar-refractivity contribution in [3.8, 4) is 17.2 Å². The highest BCUT2D eigenvalue weighted by Gasteiger charge is 2.33. The molecule has 1 atom stereocenters. The third kappa shape index (κ3) is 4.68. The molecule has 1 N–H and O–H groups in total. The van der Waals surface area contributed by atoms with Crippen LogP contribution >= 0.6 is 0 Å². The minimum atomic E-state index is 0.251. The first kappa shape index (κ1) is 20.2. The predicted octanol–water partition coefficient (Wildman–Crippen LogP) is 2.52. The third-order valence-electron chi connectivity index (χ3n) is 6.05. The Morgan fingerprint density at radius 1 is 0.963 bits per heavy atom. The Labute approximate surface area is 163 Å². The van der Waals surface area contributed by atoms with Gasteiger partial charge in [0.2, 0.25) is 0 Å². The van der Waals surface area contributed by atoms with Crippen LogP contribution in [0.25, 0.3) is 0 Å². The van der Waals surface area contributed by atoms with Crippen molar-refractivity contribution >= 4 is 0 Å². The van der Waals surface area contributed by atoms with Crippen LogP contribution in [0.3, 0.4) is 0 Å². The SMILES string of the molecule is COc1cc(OC)c(OC)cc1CN1CCN(C2CCCC2)C(CCO)C1. The smallest absolute Gasteiger partial charge is 0.164 e. The zero-order valence-corrected chi connectivity index (χ0v) is 16.9. The van der Waals surface area contributed by atoms with Crippen LogP contribution in [0.2, 0.25) is 0 Å². The van der Waals surface area contributed by atoms with E-state index in [0.29, 0.717) is 17.8 Å². The number of piperazine rings is 1. The monoisotopic (exact) mass is 378 g/mol. The summed E-state index contributed by atoms with van der Waals surface area (Å²) in [4.78, 5) is 5.13. The van der Waals surface area contributed by atoms with Crippen LogP contribution in [0.1, 0.15) is 37.7 Å². The summed E-state index contributed by atoms with van der Waals surface area (Å²) >= 11 is 0. The molecule has 152 valence electrons. The van der Waals surface area contributed by atoms with Gasteiger partial charge >= 0.3 is 0 Å². The number of rotatable bonds is 8. The largest absolute Gasteiger partial charge is 0.496 e. The lowest BCUT2D eigenvalue weighted by atomic mass is 10.0. The van der Waals surface area contributed by atoms with E-state index in [2.05, 4.69) is 9.80 Å². The van der Waals surface area contributed by atoms with Crippen molar-refractivity contribution in [2.45, 2.75) is 50.7 Å². The van der Waals surface area contributed by atoms with Crippen molar-refractivity contribution in [3.05, 3.63) is 17.7 Å². The summed E-state index contributed by atoms with van der Waals surface area (Å²) in [6.07, 6.45) is 6.16. The van der Waals surface area contributed by atoms with E-state index >= 15 is 0 Å². The van der Waals surface area contributed by atoms with Crippen LogP contribution in [0.15, 0.2) is 12.1 Å². The van der Waals surface area contributed by atoms with Gasteiger partial charge in [-0.3, -0.25) is 9.80 Å². The van der Waals surface area contributed by atoms with E-state index in [-0.39, 0.29) is 6.61 Å².